The van der Waals surface area contributed by atoms with E-state index in [1.165, 1.54) is 36.1 Å². The van der Waals surface area contributed by atoms with E-state index >= 15 is 0 Å². The molecule has 0 saturated heterocycles. The van der Waals surface area contributed by atoms with Crippen LogP contribution in [0.25, 0.3) is 0 Å². The second-order valence-electron chi connectivity index (χ2n) is 6.01. The van der Waals surface area contributed by atoms with Gasteiger partial charge in [-0.2, -0.15) is 0 Å². The molecule has 2 aromatic carbocycles. The van der Waals surface area contributed by atoms with Gasteiger partial charge in [-0.15, -0.1) is 0 Å². The molecule has 1 aliphatic carbocycles. The molecule has 124 valence electrons. The van der Waals surface area contributed by atoms with Crippen LogP contribution in [0.4, 0.5) is 0 Å². The summed E-state index contributed by atoms with van der Waals surface area (Å²) in [5.74, 6) is -0.972. The zero-order chi connectivity index (χ0) is 16.9. The van der Waals surface area contributed by atoms with E-state index in [1.807, 2.05) is 6.07 Å². The maximum Gasteiger partial charge on any atom is 0.273 e. The van der Waals surface area contributed by atoms with Crippen LogP contribution in [-0.4, -0.2) is 16.9 Å². The fourth-order valence-electron chi connectivity index (χ4n) is 2.99. The van der Waals surface area contributed by atoms with Crippen LogP contribution < -0.4 is 10.9 Å². The highest BCUT2D eigenvalue weighted by molar-refractivity contribution is 5.97. The normalized spacial score (nSPS) is 13.0. The van der Waals surface area contributed by atoms with Crippen LogP contribution in [0.1, 0.15) is 39.9 Å². The minimum absolute atomic E-state index is 0.117. The molecule has 0 radical (unpaired) electrons. The standard InChI is InChI=1S/C19H20N2O3/c22-17-8-4-3-7-16(17)19(24)21-20-18(23)12-13-9-10-14-5-1-2-6-15(14)11-13/h3-4,7-11,22H,1-2,5-6,12H2,(H,20,23)(H,21,24). The summed E-state index contributed by atoms with van der Waals surface area (Å²) in [6.45, 7) is 0. The van der Waals surface area contributed by atoms with Crippen LogP contribution in [0.2, 0.25) is 0 Å². The molecule has 0 unspecified atom stereocenters. The van der Waals surface area contributed by atoms with Gasteiger partial charge in [-0.05, 0) is 54.5 Å². The van der Waals surface area contributed by atoms with Gasteiger partial charge < -0.3 is 5.11 Å². The van der Waals surface area contributed by atoms with Crippen LogP contribution in [0.5, 0.6) is 5.75 Å². The van der Waals surface area contributed by atoms with Gasteiger partial charge in [0.05, 0.1) is 12.0 Å². The number of phenolic OH excluding ortho intramolecular Hbond substituents is 1. The lowest BCUT2D eigenvalue weighted by Gasteiger charge is -2.16. The van der Waals surface area contributed by atoms with Crippen LogP contribution in [-0.2, 0) is 24.1 Å². The average Bonchev–Trinajstić information content (AvgIpc) is 2.60. The Balaban J connectivity index is 1.56. The molecule has 0 saturated carbocycles. The zero-order valence-electron chi connectivity index (χ0n) is 13.3. The lowest BCUT2D eigenvalue weighted by atomic mass is 9.90. The summed E-state index contributed by atoms with van der Waals surface area (Å²) in [5.41, 5.74) is 8.46. The molecular formula is C19H20N2O3. The second kappa shape index (κ2) is 7.17. The fourth-order valence-corrected chi connectivity index (χ4v) is 2.99. The Labute approximate surface area is 140 Å². The van der Waals surface area contributed by atoms with Gasteiger partial charge in [-0.25, -0.2) is 0 Å². The molecule has 5 heteroatoms. The number of aryl methyl sites for hydroxylation is 2. The highest BCUT2D eigenvalue weighted by Gasteiger charge is 2.13. The molecule has 3 rings (SSSR count). The van der Waals surface area contributed by atoms with E-state index < -0.39 is 5.91 Å². The van der Waals surface area contributed by atoms with Crippen molar-refractivity contribution in [2.45, 2.75) is 32.1 Å². The van der Waals surface area contributed by atoms with Crippen molar-refractivity contribution in [1.29, 1.82) is 0 Å². The Morgan fingerprint density at radius 2 is 1.71 bits per heavy atom. The Hall–Kier alpha value is -2.82. The van der Waals surface area contributed by atoms with Gasteiger partial charge in [0.1, 0.15) is 5.75 Å². The van der Waals surface area contributed by atoms with Gasteiger partial charge in [0, 0.05) is 0 Å². The van der Waals surface area contributed by atoms with E-state index in [9.17, 15) is 14.7 Å². The Kier molecular flexibility index (Phi) is 4.79. The quantitative estimate of drug-likeness (QED) is 0.758. The van der Waals surface area contributed by atoms with Crippen molar-refractivity contribution in [3.8, 4) is 5.75 Å². The smallest absolute Gasteiger partial charge is 0.273 e. The number of benzene rings is 2. The summed E-state index contributed by atoms with van der Waals surface area (Å²) < 4.78 is 0. The Bertz CT molecular complexity index is 771. The summed E-state index contributed by atoms with van der Waals surface area (Å²) in [6.07, 6.45) is 4.80. The van der Waals surface area contributed by atoms with E-state index in [0.29, 0.717) is 0 Å². The third-order valence-electron chi connectivity index (χ3n) is 4.24. The third kappa shape index (κ3) is 3.74. The summed E-state index contributed by atoms with van der Waals surface area (Å²) in [7, 11) is 0. The van der Waals surface area contributed by atoms with E-state index in [2.05, 4.69) is 23.0 Å². The third-order valence-corrected chi connectivity index (χ3v) is 4.24. The largest absolute Gasteiger partial charge is 0.507 e. The number of phenols is 1. The first kappa shape index (κ1) is 16.1. The van der Waals surface area contributed by atoms with Gasteiger partial charge in [-0.3, -0.25) is 20.4 Å². The van der Waals surface area contributed by atoms with Crippen molar-refractivity contribution >= 4 is 11.8 Å². The second-order valence-corrected chi connectivity index (χ2v) is 6.01. The van der Waals surface area contributed by atoms with E-state index in [-0.39, 0.29) is 23.6 Å². The lowest BCUT2D eigenvalue weighted by molar-refractivity contribution is -0.121. The summed E-state index contributed by atoms with van der Waals surface area (Å²) >= 11 is 0. The molecule has 1 aliphatic rings. The molecule has 5 nitrogen and oxygen atoms in total. The maximum atomic E-state index is 12.0. The van der Waals surface area contributed by atoms with Crippen molar-refractivity contribution < 1.29 is 14.7 Å². The molecule has 24 heavy (non-hydrogen) atoms. The highest BCUT2D eigenvalue weighted by atomic mass is 16.3. The number of hydrogen-bond donors (Lipinski definition) is 3. The van der Waals surface area contributed by atoms with Crippen molar-refractivity contribution in [3.63, 3.8) is 0 Å². The van der Waals surface area contributed by atoms with E-state index in [1.54, 1.807) is 12.1 Å². The molecule has 0 aliphatic heterocycles. The number of rotatable bonds is 3. The molecule has 2 aromatic rings. The average molecular weight is 324 g/mol. The molecule has 0 aromatic heterocycles. The van der Waals surface area contributed by atoms with Gasteiger partial charge in [0.2, 0.25) is 5.91 Å². The minimum Gasteiger partial charge on any atom is -0.507 e. The number of nitrogens with one attached hydrogen (secondary N) is 2. The number of fused-ring (bicyclic) bond motifs is 1. The first-order valence-electron chi connectivity index (χ1n) is 8.11. The van der Waals surface area contributed by atoms with Crippen LogP contribution in [0.15, 0.2) is 42.5 Å². The molecule has 0 fully saturated rings. The molecule has 0 spiro atoms. The van der Waals surface area contributed by atoms with E-state index in [4.69, 9.17) is 0 Å². The first-order valence-corrected chi connectivity index (χ1v) is 8.11. The molecule has 0 heterocycles. The van der Waals surface area contributed by atoms with Gasteiger partial charge >= 0.3 is 0 Å². The van der Waals surface area contributed by atoms with Gasteiger partial charge in [-0.1, -0.05) is 30.3 Å². The summed E-state index contributed by atoms with van der Waals surface area (Å²) in [5, 5.41) is 9.62. The van der Waals surface area contributed by atoms with Crippen LogP contribution in [0, 0.1) is 0 Å². The monoisotopic (exact) mass is 324 g/mol. The molecule has 0 bridgehead atoms. The van der Waals surface area contributed by atoms with Crippen molar-refractivity contribution in [2.24, 2.45) is 0 Å². The van der Waals surface area contributed by atoms with Gasteiger partial charge in [0.25, 0.3) is 5.91 Å². The number of para-hydroxylation sites is 1. The number of aromatic hydroxyl groups is 1. The number of carbonyl (C=O) groups excluding carboxylic acids is 2. The van der Waals surface area contributed by atoms with Crippen LogP contribution in [0.3, 0.4) is 0 Å². The molecular weight excluding hydrogens is 304 g/mol. The van der Waals surface area contributed by atoms with Gasteiger partial charge in [0.15, 0.2) is 0 Å². The van der Waals surface area contributed by atoms with Crippen molar-refractivity contribution in [1.82, 2.24) is 10.9 Å². The number of carbonyl (C=O) groups is 2. The highest BCUT2D eigenvalue weighted by Crippen LogP contribution is 2.22. The lowest BCUT2D eigenvalue weighted by Crippen LogP contribution is -2.42. The fraction of sp³-hybridized carbons (Fsp3) is 0.263. The number of hydrazine groups is 1. The predicted molar refractivity (Wildman–Crippen MR) is 90.5 cm³/mol. The topological polar surface area (TPSA) is 78.4 Å². The minimum atomic E-state index is -0.549. The summed E-state index contributed by atoms with van der Waals surface area (Å²) in [4.78, 5) is 23.9. The predicted octanol–water partition coefficient (Wildman–Crippen LogP) is 2.27. The number of hydrogen-bond acceptors (Lipinski definition) is 3. The van der Waals surface area contributed by atoms with Crippen molar-refractivity contribution in [2.75, 3.05) is 0 Å². The number of amides is 2. The summed E-state index contributed by atoms with van der Waals surface area (Å²) in [6, 6.07) is 12.3. The Morgan fingerprint density at radius 3 is 2.50 bits per heavy atom. The van der Waals surface area contributed by atoms with Crippen LogP contribution >= 0.6 is 0 Å². The van der Waals surface area contributed by atoms with E-state index in [0.717, 1.165) is 18.4 Å². The molecule has 2 amide bonds. The molecule has 3 N–H and O–H groups in total. The SMILES string of the molecule is O=C(Cc1ccc2c(c1)CCCC2)NNC(=O)c1ccccc1O. The molecule has 0 atom stereocenters. The maximum absolute atomic E-state index is 12.0. The zero-order valence-corrected chi connectivity index (χ0v) is 13.3. The van der Waals surface area contributed by atoms with Crippen molar-refractivity contribution in [3.05, 3.63) is 64.7 Å². The first-order chi connectivity index (χ1) is 11.6. The Morgan fingerprint density at radius 1 is 0.958 bits per heavy atom.